The van der Waals surface area contributed by atoms with Crippen molar-refractivity contribution < 1.29 is 0 Å². The SMILES string of the molecule is CCC1CC=CN1C. The molecule has 0 spiro atoms. The third-order valence-corrected chi connectivity index (χ3v) is 1.80. The van der Waals surface area contributed by atoms with E-state index in [1.165, 1.54) is 12.8 Å². The van der Waals surface area contributed by atoms with Gasteiger partial charge in [-0.3, -0.25) is 0 Å². The maximum Gasteiger partial charge on any atom is 0.0313 e. The lowest BCUT2D eigenvalue weighted by Gasteiger charge is -2.17. The molecule has 0 fully saturated rings. The maximum atomic E-state index is 2.28. The Morgan fingerprint density at radius 3 is 2.75 bits per heavy atom. The van der Waals surface area contributed by atoms with E-state index in [0.29, 0.717) is 0 Å². The number of hydrogen-bond donors (Lipinski definition) is 0. The molecule has 0 bridgehead atoms. The molecule has 1 nitrogen and oxygen atoms in total. The van der Waals surface area contributed by atoms with E-state index in [9.17, 15) is 0 Å². The molecule has 0 aromatic heterocycles. The molecule has 46 valence electrons. The Balaban J connectivity index is 2.38. The number of nitrogens with zero attached hydrogens (tertiary/aromatic N) is 1. The van der Waals surface area contributed by atoms with Crippen molar-refractivity contribution in [1.29, 1.82) is 0 Å². The Kier molecular flexibility index (Phi) is 1.56. The van der Waals surface area contributed by atoms with E-state index in [1.807, 2.05) is 0 Å². The van der Waals surface area contributed by atoms with E-state index in [-0.39, 0.29) is 0 Å². The maximum absolute atomic E-state index is 2.28. The molecule has 1 aliphatic rings. The van der Waals surface area contributed by atoms with Crippen molar-refractivity contribution in [3.63, 3.8) is 0 Å². The molecule has 0 radical (unpaired) electrons. The van der Waals surface area contributed by atoms with E-state index in [1.54, 1.807) is 0 Å². The van der Waals surface area contributed by atoms with Gasteiger partial charge in [-0.1, -0.05) is 13.0 Å². The fourth-order valence-corrected chi connectivity index (χ4v) is 1.13. The van der Waals surface area contributed by atoms with Crippen LogP contribution in [0.4, 0.5) is 0 Å². The van der Waals surface area contributed by atoms with Gasteiger partial charge >= 0.3 is 0 Å². The van der Waals surface area contributed by atoms with Crippen LogP contribution < -0.4 is 0 Å². The van der Waals surface area contributed by atoms with Crippen LogP contribution >= 0.6 is 0 Å². The van der Waals surface area contributed by atoms with Gasteiger partial charge in [0.15, 0.2) is 0 Å². The van der Waals surface area contributed by atoms with Crippen molar-refractivity contribution in [2.24, 2.45) is 0 Å². The highest BCUT2D eigenvalue weighted by molar-refractivity contribution is 4.95. The van der Waals surface area contributed by atoms with Crippen molar-refractivity contribution in [3.05, 3.63) is 12.3 Å². The van der Waals surface area contributed by atoms with Gasteiger partial charge in [0.2, 0.25) is 0 Å². The summed E-state index contributed by atoms with van der Waals surface area (Å²) in [5.74, 6) is 0. The van der Waals surface area contributed by atoms with Gasteiger partial charge in [0.05, 0.1) is 0 Å². The molecule has 8 heavy (non-hydrogen) atoms. The van der Waals surface area contributed by atoms with Gasteiger partial charge in [-0.15, -0.1) is 0 Å². The van der Waals surface area contributed by atoms with Crippen LogP contribution in [0.1, 0.15) is 19.8 Å². The fraction of sp³-hybridized carbons (Fsp3) is 0.714. The lowest BCUT2D eigenvalue weighted by Crippen LogP contribution is -2.20. The smallest absolute Gasteiger partial charge is 0.0313 e. The molecule has 0 aromatic rings. The first kappa shape index (κ1) is 5.67. The Morgan fingerprint density at radius 1 is 1.75 bits per heavy atom. The highest BCUT2D eigenvalue weighted by Crippen LogP contribution is 2.13. The van der Waals surface area contributed by atoms with Crippen LogP contribution in [0, 0.1) is 0 Å². The summed E-state index contributed by atoms with van der Waals surface area (Å²) in [4.78, 5) is 2.28. The first-order valence-electron chi connectivity index (χ1n) is 3.23. The molecule has 1 heterocycles. The Labute approximate surface area is 51.0 Å². The van der Waals surface area contributed by atoms with Crippen LogP contribution in [0.2, 0.25) is 0 Å². The van der Waals surface area contributed by atoms with Crippen LogP contribution in [0.3, 0.4) is 0 Å². The normalized spacial score (nSPS) is 27.2. The molecule has 0 saturated heterocycles. The van der Waals surface area contributed by atoms with Crippen LogP contribution in [0.15, 0.2) is 12.3 Å². The predicted octanol–water partition coefficient (Wildman–Crippen LogP) is 1.61. The summed E-state index contributed by atoms with van der Waals surface area (Å²) in [5, 5.41) is 0. The summed E-state index contributed by atoms with van der Waals surface area (Å²) in [6, 6.07) is 0.787. The molecule has 0 amide bonds. The second kappa shape index (κ2) is 2.21. The Hall–Kier alpha value is -0.460. The van der Waals surface area contributed by atoms with Gasteiger partial charge in [-0.25, -0.2) is 0 Å². The molecule has 1 unspecified atom stereocenters. The van der Waals surface area contributed by atoms with E-state index < -0.39 is 0 Å². The van der Waals surface area contributed by atoms with Crippen molar-refractivity contribution in [3.8, 4) is 0 Å². The van der Waals surface area contributed by atoms with Gasteiger partial charge < -0.3 is 4.90 Å². The van der Waals surface area contributed by atoms with E-state index in [0.717, 1.165) is 6.04 Å². The second-order valence-corrected chi connectivity index (χ2v) is 2.35. The van der Waals surface area contributed by atoms with E-state index in [2.05, 4.69) is 31.1 Å². The monoisotopic (exact) mass is 111 g/mol. The van der Waals surface area contributed by atoms with E-state index in [4.69, 9.17) is 0 Å². The third kappa shape index (κ3) is 0.857. The van der Waals surface area contributed by atoms with Crippen molar-refractivity contribution in [2.75, 3.05) is 7.05 Å². The highest BCUT2D eigenvalue weighted by atomic mass is 15.1. The van der Waals surface area contributed by atoms with Gasteiger partial charge in [0.1, 0.15) is 0 Å². The predicted molar refractivity (Wildman–Crippen MR) is 35.6 cm³/mol. The summed E-state index contributed by atoms with van der Waals surface area (Å²) < 4.78 is 0. The van der Waals surface area contributed by atoms with E-state index >= 15 is 0 Å². The number of hydrogen-bond acceptors (Lipinski definition) is 1. The largest absolute Gasteiger partial charge is 0.377 e. The lowest BCUT2D eigenvalue weighted by atomic mass is 10.2. The van der Waals surface area contributed by atoms with Gasteiger partial charge in [-0.05, 0) is 19.0 Å². The minimum atomic E-state index is 0.787. The van der Waals surface area contributed by atoms with Gasteiger partial charge in [0.25, 0.3) is 0 Å². The summed E-state index contributed by atoms with van der Waals surface area (Å²) in [6.07, 6.45) is 6.90. The molecular formula is C7H13N. The zero-order valence-corrected chi connectivity index (χ0v) is 5.59. The van der Waals surface area contributed by atoms with Crippen LogP contribution in [-0.2, 0) is 0 Å². The summed E-state index contributed by atoms with van der Waals surface area (Å²) >= 11 is 0. The van der Waals surface area contributed by atoms with Crippen molar-refractivity contribution in [2.45, 2.75) is 25.8 Å². The standard InChI is InChI=1S/C7H13N/c1-3-7-5-4-6-8(7)2/h4,6-7H,3,5H2,1-2H3. The molecule has 0 aromatic carbocycles. The zero-order chi connectivity index (χ0) is 5.98. The summed E-state index contributed by atoms with van der Waals surface area (Å²) in [5.41, 5.74) is 0. The average Bonchev–Trinajstić information content (AvgIpc) is 2.14. The molecule has 0 aliphatic carbocycles. The first-order chi connectivity index (χ1) is 3.84. The minimum Gasteiger partial charge on any atom is -0.377 e. The molecule has 0 saturated carbocycles. The minimum absolute atomic E-state index is 0.787. The molecule has 1 aliphatic heterocycles. The number of rotatable bonds is 1. The third-order valence-electron chi connectivity index (χ3n) is 1.80. The lowest BCUT2D eigenvalue weighted by molar-refractivity contribution is 0.349. The first-order valence-corrected chi connectivity index (χ1v) is 3.23. The summed E-state index contributed by atoms with van der Waals surface area (Å²) in [7, 11) is 2.14. The van der Waals surface area contributed by atoms with Crippen molar-refractivity contribution >= 4 is 0 Å². The highest BCUT2D eigenvalue weighted by Gasteiger charge is 2.11. The zero-order valence-electron chi connectivity index (χ0n) is 5.59. The fourth-order valence-electron chi connectivity index (χ4n) is 1.13. The van der Waals surface area contributed by atoms with Crippen LogP contribution in [0.5, 0.6) is 0 Å². The van der Waals surface area contributed by atoms with Gasteiger partial charge in [0, 0.05) is 13.1 Å². The Bertz CT molecular complexity index is 96.6. The molecule has 1 rings (SSSR count). The second-order valence-electron chi connectivity index (χ2n) is 2.35. The average molecular weight is 111 g/mol. The molecular weight excluding hydrogens is 98.1 g/mol. The van der Waals surface area contributed by atoms with Crippen LogP contribution in [-0.4, -0.2) is 18.0 Å². The van der Waals surface area contributed by atoms with Gasteiger partial charge in [-0.2, -0.15) is 0 Å². The Morgan fingerprint density at radius 2 is 2.50 bits per heavy atom. The quantitative estimate of drug-likeness (QED) is 0.497. The van der Waals surface area contributed by atoms with Crippen molar-refractivity contribution in [1.82, 2.24) is 4.90 Å². The molecule has 1 atom stereocenters. The molecule has 0 N–H and O–H groups in total. The summed E-state index contributed by atoms with van der Waals surface area (Å²) in [6.45, 7) is 2.23. The molecule has 1 heteroatoms. The van der Waals surface area contributed by atoms with Crippen LogP contribution in [0.25, 0.3) is 0 Å². The topological polar surface area (TPSA) is 3.24 Å².